The lowest BCUT2D eigenvalue weighted by Crippen LogP contribution is -2.50. The van der Waals surface area contributed by atoms with E-state index >= 15 is 0 Å². The number of nitrogens with zero attached hydrogens (tertiary/aromatic N) is 4. The van der Waals surface area contributed by atoms with E-state index in [2.05, 4.69) is 71.2 Å². The summed E-state index contributed by atoms with van der Waals surface area (Å²) in [7, 11) is 0. The molecule has 0 unspecified atom stereocenters. The minimum absolute atomic E-state index is 0.0168. The molecule has 0 bridgehead atoms. The highest BCUT2D eigenvalue weighted by atomic mass is 16.2. The second kappa shape index (κ2) is 10.0. The monoisotopic (exact) mass is 409 g/mol. The number of aryl methyl sites for hydroxylation is 2. The number of hydrogen-bond donors (Lipinski definition) is 1. The molecule has 1 aromatic heterocycles. The van der Waals surface area contributed by atoms with Crippen LogP contribution in [0.15, 0.2) is 30.3 Å². The number of carbonyl (C=O) groups excluding carboxylic acids is 1. The lowest BCUT2D eigenvalue weighted by atomic mass is 10.1. The molecule has 0 saturated carbocycles. The number of nitrogens with one attached hydrogen (secondary N) is 1. The van der Waals surface area contributed by atoms with Crippen molar-refractivity contribution in [3.05, 3.63) is 53.0 Å². The van der Waals surface area contributed by atoms with Crippen LogP contribution in [0.25, 0.3) is 0 Å². The average molecular weight is 410 g/mol. The van der Waals surface area contributed by atoms with Crippen molar-refractivity contribution in [3.8, 4) is 0 Å². The van der Waals surface area contributed by atoms with E-state index in [1.54, 1.807) is 0 Å². The molecule has 1 aliphatic heterocycles. The van der Waals surface area contributed by atoms with Crippen LogP contribution in [0.1, 0.15) is 62.3 Å². The van der Waals surface area contributed by atoms with Gasteiger partial charge in [0.1, 0.15) is 11.6 Å². The third-order valence-electron chi connectivity index (χ3n) is 5.70. The van der Waals surface area contributed by atoms with Gasteiger partial charge in [-0.2, -0.15) is 0 Å². The molecule has 0 spiro atoms. The zero-order chi connectivity index (χ0) is 21.7. The summed E-state index contributed by atoms with van der Waals surface area (Å²) < 4.78 is 0. The van der Waals surface area contributed by atoms with Crippen molar-refractivity contribution >= 4 is 11.7 Å². The van der Waals surface area contributed by atoms with Gasteiger partial charge in [0.05, 0.1) is 12.6 Å². The first kappa shape index (κ1) is 22.2. The van der Waals surface area contributed by atoms with Crippen molar-refractivity contribution in [3.63, 3.8) is 0 Å². The van der Waals surface area contributed by atoms with Gasteiger partial charge in [-0.1, -0.05) is 45.0 Å². The van der Waals surface area contributed by atoms with Crippen LogP contribution < -0.4 is 10.2 Å². The fourth-order valence-electron chi connectivity index (χ4n) is 3.75. The van der Waals surface area contributed by atoms with Gasteiger partial charge in [0.25, 0.3) is 0 Å². The smallest absolute Gasteiger partial charge is 0.234 e. The summed E-state index contributed by atoms with van der Waals surface area (Å²) in [6.45, 7) is 14.3. The number of piperazine rings is 1. The molecule has 6 heteroatoms. The van der Waals surface area contributed by atoms with Crippen LogP contribution in [-0.2, 0) is 11.2 Å². The molecule has 1 aliphatic rings. The summed E-state index contributed by atoms with van der Waals surface area (Å²) in [6.07, 6.45) is 1.03. The van der Waals surface area contributed by atoms with Crippen LogP contribution in [-0.4, -0.2) is 53.5 Å². The van der Waals surface area contributed by atoms with Gasteiger partial charge in [0.2, 0.25) is 5.91 Å². The van der Waals surface area contributed by atoms with Gasteiger partial charge in [-0.25, -0.2) is 9.97 Å². The number of hydrogen-bond acceptors (Lipinski definition) is 5. The molecule has 1 amide bonds. The van der Waals surface area contributed by atoms with Crippen LogP contribution in [0.4, 0.5) is 5.82 Å². The highest BCUT2D eigenvalue weighted by Crippen LogP contribution is 2.19. The van der Waals surface area contributed by atoms with Gasteiger partial charge in [0.15, 0.2) is 0 Å². The van der Waals surface area contributed by atoms with Crippen LogP contribution in [0.5, 0.6) is 0 Å². The van der Waals surface area contributed by atoms with E-state index in [4.69, 9.17) is 4.98 Å². The van der Waals surface area contributed by atoms with Crippen molar-refractivity contribution in [1.29, 1.82) is 0 Å². The molecule has 6 nitrogen and oxygen atoms in total. The first-order chi connectivity index (χ1) is 14.4. The fourth-order valence-corrected chi connectivity index (χ4v) is 3.75. The number of anilines is 1. The topological polar surface area (TPSA) is 61.4 Å². The van der Waals surface area contributed by atoms with Gasteiger partial charge >= 0.3 is 0 Å². The van der Waals surface area contributed by atoms with E-state index in [0.29, 0.717) is 12.5 Å². The molecular weight excluding hydrogens is 374 g/mol. The average Bonchev–Trinajstić information content (AvgIpc) is 2.73. The van der Waals surface area contributed by atoms with E-state index < -0.39 is 0 Å². The van der Waals surface area contributed by atoms with E-state index in [1.165, 1.54) is 5.56 Å². The van der Waals surface area contributed by atoms with E-state index in [9.17, 15) is 4.79 Å². The van der Waals surface area contributed by atoms with Crippen LogP contribution in [0.2, 0.25) is 0 Å². The zero-order valence-corrected chi connectivity index (χ0v) is 19.0. The highest BCUT2D eigenvalue weighted by molar-refractivity contribution is 5.78. The van der Waals surface area contributed by atoms with Crippen molar-refractivity contribution in [2.75, 3.05) is 37.6 Å². The van der Waals surface area contributed by atoms with Gasteiger partial charge in [-0.15, -0.1) is 0 Å². The molecule has 2 aromatic rings. The number of aromatic nitrogens is 2. The Morgan fingerprint density at radius 3 is 2.33 bits per heavy atom. The molecule has 0 radical (unpaired) electrons. The van der Waals surface area contributed by atoms with Crippen LogP contribution >= 0.6 is 0 Å². The molecule has 0 aliphatic carbocycles. The van der Waals surface area contributed by atoms with E-state index in [-0.39, 0.29) is 11.9 Å². The van der Waals surface area contributed by atoms with Crippen molar-refractivity contribution < 1.29 is 4.79 Å². The summed E-state index contributed by atoms with van der Waals surface area (Å²) >= 11 is 0. The Bertz CT molecular complexity index is 841. The largest absolute Gasteiger partial charge is 0.354 e. The Morgan fingerprint density at radius 2 is 1.73 bits per heavy atom. The predicted octanol–water partition coefficient (Wildman–Crippen LogP) is 3.47. The number of amides is 1. The molecule has 1 fully saturated rings. The molecule has 1 atom stereocenters. The maximum absolute atomic E-state index is 12.5. The first-order valence-corrected chi connectivity index (χ1v) is 11.1. The molecular formula is C24H35N5O. The molecule has 1 saturated heterocycles. The summed E-state index contributed by atoms with van der Waals surface area (Å²) in [5, 5.41) is 3.14. The molecule has 162 valence electrons. The Kier molecular flexibility index (Phi) is 7.43. The lowest BCUT2D eigenvalue weighted by molar-refractivity contribution is -0.123. The molecule has 3 rings (SSSR count). The van der Waals surface area contributed by atoms with Gasteiger partial charge < -0.3 is 10.2 Å². The van der Waals surface area contributed by atoms with Gasteiger partial charge in [-0.05, 0) is 31.4 Å². The fraction of sp³-hybridized carbons (Fsp3) is 0.542. The van der Waals surface area contributed by atoms with Crippen molar-refractivity contribution in [1.82, 2.24) is 20.2 Å². The van der Waals surface area contributed by atoms with Crippen molar-refractivity contribution in [2.45, 2.75) is 53.0 Å². The summed E-state index contributed by atoms with van der Waals surface area (Å²) in [5.41, 5.74) is 3.46. The van der Waals surface area contributed by atoms with Crippen molar-refractivity contribution in [2.24, 2.45) is 0 Å². The number of carbonyl (C=O) groups is 1. The van der Waals surface area contributed by atoms with E-state index in [1.807, 2.05) is 13.8 Å². The highest BCUT2D eigenvalue weighted by Gasteiger charge is 2.21. The van der Waals surface area contributed by atoms with Gasteiger partial charge in [-0.3, -0.25) is 9.69 Å². The van der Waals surface area contributed by atoms with E-state index in [0.717, 1.165) is 55.5 Å². The predicted molar refractivity (Wildman–Crippen MR) is 122 cm³/mol. The zero-order valence-electron chi connectivity index (χ0n) is 19.0. The Hall–Kier alpha value is -2.47. The first-order valence-electron chi connectivity index (χ1n) is 11.1. The second-order valence-electron chi connectivity index (χ2n) is 8.53. The quantitative estimate of drug-likeness (QED) is 0.759. The van der Waals surface area contributed by atoms with Crippen LogP contribution in [0, 0.1) is 6.92 Å². The third-order valence-corrected chi connectivity index (χ3v) is 5.70. The SMILES string of the molecule is CCc1ccc([C@@H](C)NC(=O)CN2CCN(c3cc(C)nc(C(C)C)n3)CC2)cc1. The molecule has 1 aromatic carbocycles. The maximum Gasteiger partial charge on any atom is 0.234 e. The molecule has 2 heterocycles. The second-order valence-corrected chi connectivity index (χ2v) is 8.53. The minimum atomic E-state index is 0.0168. The standard InChI is InChI=1S/C24H35N5O/c1-6-20-7-9-21(10-8-20)19(5)26-23(30)16-28-11-13-29(14-12-28)22-15-18(4)25-24(27-22)17(2)3/h7-10,15,17,19H,6,11-14,16H2,1-5H3,(H,26,30)/t19-/m1/s1. The molecule has 1 N–H and O–H groups in total. The number of rotatable bonds is 7. The molecule has 30 heavy (non-hydrogen) atoms. The maximum atomic E-state index is 12.5. The third kappa shape index (κ3) is 5.79. The summed E-state index contributed by atoms with van der Waals surface area (Å²) in [6, 6.07) is 10.6. The van der Waals surface area contributed by atoms with Crippen LogP contribution in [0.3, 0.4) is 0 Å². The normalized spacial score (nSPS) is 16.0. The summed E-state index contributed by atoms with van der Waals surface area (Å²) in [4.78, 5) is 26.4. The Balaban J connectivity index is 1.50. The number of benzene rings is 1. The Morgan fingerprint density at radius 1 is 1.07 bits per heavy atom. The lowest BCUT2D eigenvalue weighted by Gasteiger charge is -2.35. The summed E-state index contributed by atoms with van der Waals surface area (Å²) in [5.74, 6) is 2.29. The minimum Gasteiger partial charge on any atom is -0.354 e. The van der Waals surface area contributed by atoms with Gasteiger partial charge in [0, 0.05) is 43.9 Å². The Labute approximate surface area is 180 Å².